The topological polar surface area (TPSA) is 44.3 Å². The molecule has 2 aliphatic heterocycles. The van der Waals surface area contributed by atoms with Gasteiger partial charge in [-0.05, 0) is 25.0 Å². The summed E-state index contributed by atoms with van der Waals surface area (Å²) in [5.41, 5.74) is 2.04. The molecular formula is C18H26N4OS. The third-order valence-corrected chi connectivity index (χ3v) is 6.32. The normalized spacial score (nSPS) is 21.5. The van der Waals surface area contributed by atoms with Gasteiger partial charge in [0, 0.05) is 56.8 Å². The average Bonchev–Trinajstić information content (AvgIpc) is 2.97. The maximum absolute atomic E-state index is 12.3. The molecule has 6 heteroatoms. The molecule has 0 bridgehead atoms. The number of fused-ring (bicyclic) bond motifs is 1. The molecule has 2 fully saturated rings. The molecule has 0 radical (unpaired) electrons. The number of para-hydroxylation sites is 2. The van der Waals surface area contributed by atoms with Gasteiger partial charge in [-0.15, -0.1) is 0 Å². The second-order valence-electron chi connectivity index (χ2n) is 6.84. The molecule has 2 saturated heterocycles. The molecular weight excluding hydrogens is 320 g/mol. The Balaban J connectivity index is 1.35. The number of nitrogens with one attached hydrogen (secondary N) is 1. The van der Waals surface area contributed by atoms with E-state index in [2.05, 4.69) is 26.5 Å². The van der Waals surface area contributed by atoms with Crippen molar-refractivity contribution in [2.24, 2.45) is 0 Å². The van der Waals surface area contributed by atoms with Crippen LogP contribution >= 0.6 is 11.8 Å². The van der Waals surface area contributed by atoms with Crippen molar-refractivity contribution in [3.63, 3.8) is 0 Å². The Morgan fingerprint density at radius 2 is 1.67 bits per heavy atom. The molecule has 0 unspecified atom stereocenters. The van der Waals surface area contributed by atoms with Crippen molar-refractivity contribution >= 4 is 22.8 Å². The molecule has 0 spiro atoms. The number of hydrogen-bond donors (Lipinski definition) is 1. The number of piperidine rings is 1. The van der Waals surface area contributed by atoms with E-state index in [0.717, 1.165) is 37.0 Å². The first kappa shape index (κ1) is 16.2. The molecule has 4 rings (SSSR count). The van der Waals surface area contributed by atoms with E-state index in [1.807, 2.05) is 28.8 Å². The predicted octanol–water partition coefficient (Wildman–Crippen LogP) is 2.02. The zero-order chi connectivity index (χ0) is 16.4. The highest BCUT2D eigenvalue weighted by Crippen LogP contribution is 2.24. The molecule has 3 heterocycles. The highest BCUT2D eigenvalue weighted by atomic mass is 32.2. The highest BCUT2D eigenvalue weighted by Gasteiger charge is 2.23. The molecule has 1 aromatic heterocycles. The minimum Gasteiger partial charge on any atom is -0.306 e. The first-order chi connectivity index (χ1) is 11.8. The minimum absolute atomic E-state index is 0.0421. The summed E-state index contributed by atoms with van der Waals surface area (Å²) >= 11 is 2.07. The van der Waals surface area contributed by atoms with Crippen LogP contribution in [0, 0.1) is 0 Å². The van der Waals surface area contributed by atoms with Crippen LogP contribution in [0.2, 0.25) is 0 Å². The Bertz CT molecular complexity index is 726. The first-order valence-corrected chi connectivity index (χ1v) is 10.2. The molecule has 2 aromatic rings. The van der Waals surface area contributed by atoms with E-state index in [4.69, 9.17) is 0 Å². The first-order valence-electron chi connectivity index (χ1n) is 9.03. The van der Waals surface area contributed by atoms with Gasteiger partial charge in [0.25, 0.3) is 0 Å². The van der Waals surface area contributed by atoms with Gasteiger partial charge in [0.05, 0.1) is 11.0 Å². The van der Waals surface area contributed by atoms with Gasteiger partial charge in [0.1, 0.15) is 0 Å². The Kier molecular flexibility index (Phi) is 4.96. The lowest BCUT2D eigenvalue weighted by Gasteiger charge is -2.34. The quantitative estimate of drug-likeness (QED) is 0.920. The summed E-state index contributed by atoms with van der Waals surface area (Å²) in [5.74, 6) is 2.57. The van der Waals surface area contributed by atoms with Crippen molar-refractivity contribution in [3.8, 4) is 0 Å². The lowest BCUT2D eigenvalue weighted by molar-refractivity contribution is 0.162. The standard InChI is InChI=1S/C18H26N4OS/c23-18-19-16-3-1-2-4-17(16)22(18)15-5-7-20(8-6-15)9-10-21-11-13-24-14-12-21/h1-4,15H,5-14H2,(H,19,23). The minimum atomic E-state index is 0.0421. The number of rotatable bonds is 4. The van der Waals surface area contributed by atoms with Gasteiger partial charge >= 0.3 is 5.69 Å². The number of H-pyrrole nitrogens is 1. The molecule has 5 nitrogen and oxygen atoms in total. The van der Waals surface area contributed by atoms with Gasteiger partial charge in [-0.25, -0.2) is 4.79 Å². The Morgan fingerprint density at radius 3 is 2.42 bits per heavy atom. The van der Waals surface area contributed by atoms with Crippen LogP contribution < -0.4 is 5.69 Å². The van der Waals surface area contributed by atoms with Crippen LogP contribution in [-0.2, 0) is 0 Å². The van der Waals surface area contributed by atoms with Gasteiger partial charge in [-0.2, -0.15) is 11.8 Å². The van der Waals surface area contributed by atoms with Crippen LogP contribution in [-0.4, -0.2) is 70.1 Å². The SMILES string of the molecule is O=c1[nH]c2ccccc2n1C1CCN(CCN2CCSCC2)CC1. The van der Waals surface area contributed by atoms with Gasteiger partial charge in [0.15, 0.2) is 0 Å². The Labute approximate surface area is 147 Å². The van der Waals surface area contributed by atoms with Gasteiger partial charge in [-0.3, -0.25) is 4.57 Å². The van der Waals surface area contributed by atoms with Crippen molar-refractivity contribution in [1.82, 2.24) is 19.4 Å². The largest absolute Gasteiger partial charge is 0.326 e. The highest BCUT2D eigenvalue weighted by molar-refractivity contribution is 7.99. The van der Waals surface area contributed by atoms with Crippen LogP contribution in [0.1, 0.15) is 18.9 Å². The van der Waals surface area contributed by atoms with Crippen LogP contribution in [0.25, 0.3) is 11.0 Å². The summed E-state index contributed by atoms with van der Waals surface area (Å²) < 4.78 is 1.98. The fourth-order valence-electron chi connectivity index (χ4n) is 3.95. The maximum Gasteiger partial charge on any atom is 0.326 e. The summed E-state index contributed by atoms with van der Waals surface area (Å²) in [6, 6.07) is 8.35. The van der Waals surface area contributed by atoms with Crippen LogP contribution in [0.4, 0.5) is 0 Å². The molecule has 24 heavy (non-hydrogen) atoms. The van der Waals surface area contributed by atoms with E-state index in [9.17, 15) is 4.79 Å². The second kappa shape index (κ2) is 7.33. The fourth-order valence-corrected chi connectivity index (χ4v) is 4.92. The molecule has 130 valence electrons. The number of aromatic amines is 1. The maximum atomic E-state index is 12.3. The van der Waals surface area contributed by atoms with E-state index >= 15 is 0 Å². The Morgan fingerprint density at radius 1 is 1.00 bits per heavy atom. The molecule has 0 amide bonds. The van der Waals surface area contributed by atoms with Crippen molar-refractivity contribution in [2.45, 2.75) is 18.9 Å². The van der Waals surface area contributed by atoms with E-state index in [1.54, 1.807) is 0 Å². The fraction of sp³-hybridized carbons (Fsp3) is 0.611. The summed E-state index contributed by atoms with van der Waals surface area (Å²) in [6.45, 7) is 7.04. The van der Waals surface area contributed by atoms with Crippen molar-refractivity contribution in [3.05, 3.63) is 34.7 Å². The van der Waals surface area contributed by atoms with Crippen molar-refractivity contribution < 1.29 is 0 Å². The van der Waals surface area contributed by atoms with Crippen molar-refractivity contribution in [2.75, 3.05) is 50.8 Å². The number of aromatic nitrogens is 2. The van der Waals surface area contributed by atoms with E-state index in [1.165, 1.54) is 37.7 Å². The monoisotopic (exact) mass is 346 g/mol. The number of imidazole rings is 1. The van der Waals surface area contributed by atoms with Crippen LogP contribution in [0.15, 0.2) is 29.1 Å². The van der Waals surface area contributed by atoms with Gasteiger partial charge < -0.3 is 14.8 Å². The smallest absolute Gasteiger partial charge is 0.306 e. The lowest BCUT2D eigenvalue weighted by Crippen LogP contribution is -2.43. The van der Waals surface area contributed by atoms with Crippen LogP contribution in [0.5, 0.6) is 0 Å². The van der Waals surface area contributed by atoms with Crippen LogP contribution in [0.3, 0.4) is 0 Å². The van der Waals surface area contributed by atoms with E-state index in [0.29, 0.717) is 6.04 Å². The molecule has 0 atom stereocenters. The lowest BCUT2D eigenvalue weighted by atomic mass is 10.0. The third kappa shape index (κ3) is 3.41. The van der Waals surface area contributed by atoms with E-state index < -0.39 is 0 Å². The molecule has 2 aliphatic rings. The number of hydrogen-bond acceptors (Lipinski definition) is 4. The predicted molar refractivity (Wildman–Crippen MR) is 101 cm³/mol. The Hall–Kier alpha value is -1.24. The van der Waals surface area contributed by atoms with Crippen molar-refractivity contribution in [1.29, 1.82) is 0 Å². The molecule has 0 saturated carbocycles. The summed E-state index contributed by atoms with van der Waals surface area (Å²) in [6.07, 6.45) is 2.13. The number of likely N-dealkylation sites (tertiary alicyclic amines) is 1. The van der Waals surface area contributed by atoms with E-state index in [-0.39, 0.29) is 5.69 Å². The summed E-state index contributed by atoms with van der Waals surface area (Å²) in [5, 5.41) is 0. The summed E-state index contributed by atoms with van der Waals surface area (Å²) in [4.78, 5) is 20.5. The molecule has 0 aliphatic carbocycles. The molecule has 1 aromatic carbocycles. The zero-order valence-electron chi connectivity index (χ0n) is 14.1. The van der Waals surface area contributed by atoms with Gasteiger partial charge in [0.2, 0.25) is 0 Å². The zero-order valence-corrected chi connectivity index (χ0v) is 14.9. The number of benzene rings is 1. The second-order valence-corrected chi connectivity index (χ2v) is 8.07. The molecule has 1 N–H and O–H groups in total. The third-order valence-electron chi connectivity index (χ3n) is 5.38. The summed E-state index contributed by atoms with van der Waals surface area (Å²) in [7, 11) is 0. The number of nitrogens with zero attached hydrogens (tertiary/aromatic N) is 3. The average molecular weight is 347 g/mol. The van der Waals surface area contributed by atoms with Gasteiger partial charge in [-0.1, -0.05) is 12.1 Å². The number of thioether (sulfide) groups is 1.